The average Bonchev–Trinajstić information content (AvgIpc) is 3.30. The Balaban J connectivity index is 1.46. The van der Waals surface area contributed by atoms with Crippen molar-refractivity contribution in [1.29, 1.82) is 0 Å². The van der Waals surface area contributed by atoms with E-state index in [0.717, 1.165) is 33.2 Å². The van der Waals surface area contributed by atoms with Crippen molar-refractivity contribution >= 4 is 39.4 Å². The molecule has 0 saturated heterocycles. The Morgan fingerprint density at radius 1 is 0.861 bits per heavy atom. The lowest BCUT2D eigenvalue weighted by Gasteiger charge is -2.12. The van der Waals surface area contributed by atoms with Crippen molar-refractivity contribution in [1.82, 2.24) is 19.2 Å². The third kappa shape index (κ3) is 3.89. The molecule has 0 aliphatic carbocycles. The SMILES string of the molecule is Cc1ccc(Cn2c(=O)c3ccccc3n3c(SCc4cc(=O)oc5cc(C)ccc45)nnc23)cc1. The lowest BCUT2D eigenvalue weighted by molar-refractivity contribution is 0.559. The summed E-state index contributed by atoms with van der Waals surface area (Å²) in [7, 11) is 0. The maximum atomic E-state index is 13.4. The van der Waals surface area contributed by atoms with Crippen LogP contribution in [0.4, 0.5) is 0 Å². The quantitative estimate of drug-likeness (QED) is 0.245. The Kier molecular flexibility index (Phi) is 5.45. The van der Waals surface area contributed by atoms with E-state index in [4.69, 9.17) is 4.42 Å². The van der Waals surface area contributed by atoms with Gasteiger partial charge in [-0.25, -0.2) is 4.79 Å². The molecule has 36 heavy (non-hydrogen) atoms. The molecule has 0 N–H and O–H groups in total. The van der Waals surface area contributed by atoms with Crippen molar-refractivity contribution in [2.24, 2.45) is 0 Å². The van der Waals surface area contributed by atoms with Crippen molar-refractivity contribution in [2.45, 2.75) is 31.3 Å². The van der Waals surface area contributed by atoms with Crippen LogP contribution in [0.15, 0.2) is 92.0 Å². The Morgan fingerprint density at radius 2 is 1.64 bits per heavy atom. The summed E-state index contributed by atoms with van der Waals surface area (Å²) in [6.45, 7) is 4.39. The fourth-order valence-corrected chi connectivity index (χ4v) is 5.38. The second-order valence-electron chi connectivity index (χ2n) is 8.89. The summed E-state index contributed by atoms with van der Waals surface area (Å²) >= 11 is 1.47. The van der Waals surface area contributed by atoms with Crippen LogP contribution in [0.2, 0.25) is 0 Å². The van der Waals surface area contributed by atoms with E-state index in [1.54, 1.807) is 4.57 Å². The van der Waals surface area contributed by atoms with Crippen molar-refractivity contribution in [3.05, 3.63) is 116 Å². The van der Waals surface area contributed by atoms with Gasteiger partial charge >= 0.3 is 5.63 Å². The first-order valence-corrected chi connectivity index (χ1v) is 12.5. The first kappa shape index (κ1) is 22.3. The molecule has 0 aliphatic heterocycles. The number of aromatic nitrogens is 4. The van der Waals surface area contributed by atoms with Crippen LogP contribution in [0.1, 0.15) is 22.3 Å². The predicted octanol–water partition coefficient (Wildman–Crippen LogP) is 5.11. The van der Waals surface area contributed by atoms with Crippen molar-refractivity contribution in [3.8, 4) is 0 Å². The summed E-state index contributed by atoms with van der Waals surface area (Å²) in [4.78, 5) is 25.6. The molecule has 6 aromatic rings. The highest BCUT2D eigenvalue weighted by Gasteiger charge is 2.18. The number of thioether (sulfide) groups is 1. The Morgan fingerprint density at radius 3 is 2.47 bits per heavy atom. The molecule has 0 spiro atoms. The topological polar surface area (TPSA) is 82.4 Å². The zero-order valence-electron chi connectivity index (χ0n) is 19.8. The van der Waals surface area contributed by atoms with Crippen LogP contribution in [0.3, 0.4) is 0 Å². The maximum absolute atomic E-state index is 13.4. The Labute approximate surface area is 210 Å². The lowest BCUT2D eigenvalue weighted by Crippen LogP contribution is -2.24. The largest absolute Gasteiger partial charge is 0.423 e. The number of hydrogen-bond acceptors (Lipinski definition) is 6. The molecule has 0 fully saturated rings. The van der Waals surface area contributed by atoms with E-state index in [1.165, 1.54) is 17.8 Å². The van der Waals surface area contributed by atoms with Crippen LogP contribution in [0, 0.1) is 13.8 Å². The fraction of sp³-hybridized carbons (Fsp3) is 0.143. The van der Waals surface area contributed by atoms with Gasteiger partial charge < -0.3 is 4.42 Å². The van der Waals surface area contributed by atoms with Crippen LogP contribution < -0.4 is 11.2 Å². The number of fused-ring (bicyclic) bond motifs is 4. The molecule has 6 rings (SSSR count). The smallest absolute Gasteiger partial charge is 0.336 e. The molecule has 3 heterocycles. The van der Waals surface area contributed by atoms with E-state index in [1.807, 2.05) is 85.0 Å². The number of rotatable bonds is 5. The number of benzene rings is 3. The molecule has 0 saturated carbocycles. The van der Waals surface area contributed by atoms with E-state index >= 15 is 0 Å². The third-order valence-electron chi connectivity index (χ3n) is 6.28. The molecule has 3 aromatic carbocycles. The Bertz CT molecular complexity index is 1880. The normalized spacial score (nSPS) is 11.6. The molecular formula is C28H22N4O3S. The molecular weight excluding hydrogens is 472 g/mol. The number of aryl methyl sites for hydroxylation is 2. The van der Waals surface area contributed by atoms with Crippen LogP contribution >= 0.6 is 11.8 Å². The number of hydrogen-bond donors (Lipinski definition) is 0. The van der Waals surface area contributed by atoms with Gasteiger partial charge in [-0.2, -0.15) is 0 Å². The second-order valence-corrected chi connectivity index (χ2v) is 9.83. The van der Waals surface area contributed by atoms with Gasteiger partial charge in [0, 0.05) is 17.2 Å². The summed E-state index contributed by atoms with van der Waals surface area (Å²) in [5.74, 6) is 0.979. The minimum absolute atomic E-state index is 0.107. The highest BCUT2D eigenvalue weighted by Crippen LogP contribution is 2.28. The van der Waals surface area contributed by atoms with Crippen molar-refractivity contribution in [2.75, 3.05) is 0 Å². The number of nitrogens with zero attached hydrogens (tertiary/aromatic N) is 4. The monoisotopic (exact) mass is 494 g/mol. The summed E-state index contributed by atoms with van der Waals surface area (Å²) in [5, 5.41) is 11.0. The van der Waals surface area contributed by atoms with E-state index in [2.05, 4.69) is 10.2 Å². The van der Waals surface area contributed by atoms with Gasteiger partial charge in [-0.05, 0) is 48.7 Å². The predicted molar refractivity (Wildman–Crippen MR) is 142 cm³/mol. The zero-order valence-corrected chi connectivity index (χ0v) is 20.6. The first-order valence-electron chi connectivity index (χ1n) is 11.6. The van der Waals surface area contributed by atoms with Gasteiger partial charge in [-0.3, -0.25) is 13.8 Å². The lowest BCUT2D eigenvalue weighted by atomic mass is 10.1. The molecule has 0 amide bonds. The molecule has 3 aromatic heterocycles. The average molecular weight is 495 g/mol. The minimum atomic E-state index is -0.382. The van der Waals surface area contributed by atoms with Gasteiger partial charge in [-0.1, -0.05) is 65.9 Å². The van der Waals surface area contributed by atoms with Crippen LogP contribution in [-0.4, -0.2) is 19.2 Å². The first-order chi connectivity index (χ1) is 17.5. The summed E-state index contributed by atoms with van der Waals surface area (Å²) in [5.41, 5.74) is 4.89. The van der Waals surface area contributed by atoms with Crippen molar-refractivity contribution in [3.63, 3.8) is 0 Å². The van der Waals surface area contributed by atoms with Gasteiger partial charge in [0.1, 0.15) is 5.58 Å². The standard InChI is InChI=1S/C28H22N4O3S/c1-17-7-10-19(11-8-17)15-31-26(34)22-5-3-4-6-23(22)32-27(31)29-30-28(32)36-16-20-14-25(33)35-24-13-18(2)9-12-21(20)24/h3-14H,15-16H2,1-2H3. The zero-order chi connectivity index (χ0) is 24.8. The summed E-state index contributed by atoms with van der Waals surface area (Å²) in [6.07, 6.45) is 0. The van der Waals surface area contributed by atoms with E-state index in [0.29, 0.717) is 34.2 Å². The minimum Gasteiger partial charge on any atom is -0.423 e. The molecule has 0 atom stereocenters. The molecule has 0 aliphatic rings. The highest BCUT2D eigenvalue weighted by molar-refractivity contribution is 7.98. The second kappa shape index (κ2) is 8.80. The highest BCUT2D eigenvalue weighted by atomic mass is 32.2. The van der Waals surface area contributed by atoms with Gasteiger partial charge in [-0.15, -0.1) is 10.2 Å². The van der Waals surface area contributed by atoms with Gasteiger partial charge in [0.2, 0.25) is 5.78 Å². The molecule has 0 unspecified atom stereocenters. The summed E-state index contributed by atoms with van der Waals surface area (Å²) < 4.78 is 8.99. The van der Waals surface area contributed by atoms with Gasteiger partial charge in [0.05, 0.1) is 17.4 Å². The molecule has 0 bridgehead atoms. The molecule has 7 nitrogen and oxygen atoms in total. The van der Waals surface area contributed by atoms with E-state index in [-0.39, 0.29) is 11.2 Å². The van der Waals surface area contributed by atoms with E-state index in [9.17, 15) is 9.59 Å². The van der Waals surface area contributed by atoms with Gasteiger partial charge in [0.25, 0.3) is 5.56 Å². The van der Waals surface area contributed by atoms with Gasteiger partial charge in [0.15, 0.2) is 5.16 Å². The molecule has 0 radical (unpaired) electrons. The van der Waals surface area contributed by atoms with Crippen LogP contribution in [0.5, 0.6) is 0 Å². The van der Waals surface area contributed by atoms with Crippen LogP contribution in [-0.2, 0) is 12.3 Å². The summed E-state index contributed by atoms with van der Waals surface area (Å²) in [6, 6.07) is 23.0. The van der Waals surface area contributed by atoms with Crippen molar-refractivity contribution < 1.29 is 4.42 Å². The van der Waals surface area contributed by atoms with E-state index < -0.39 is 0 Å². The molecule has 178 valence electrons. The van der Waals surface area contributed by atoms with Crippen LogP contribution in [0.25, 0.3) is 27.6 Å². The number of para-hydroxylation sites is 1. The fourth-order valence-electron chi connectivity index (χ4n) is 4.44. The maximum Gasteiger partial charge on any atom is 0.336 e. The Hall–Kier alpha value is -4.17. The molecule has 8 heteroatoms. The third-order valence-corrected chi connectivity index (χ3v) is 7.26.